The van der Waals surface area contributed by atoms with Gasteiger partial charge < -0.3 is 4.42 Å². The molecule has 0 bridgehead atoms. The van der Waals surface area contributed by atoms with Crippen LogP contribution in [-0.4, -0.2) is 31.9 Å². The summed E-state index contributed by atoms with van der Waals surface area (Å²) in [7, 11) is 0. The lowest BCUT2D eigenvalue weighted by molar-refractivity contribution is 0.215. The molecule has 24 heavy (non-hydrogen) atoms. The number of rotatable bonds is 5. The van der Waals surface area contributed by atoms with Crippen molar-refractivity contribution in [3.63, 3.8) is 0 Å². The molecule has 1 saturated carbocycles. The van der Waals surface area contributed by atoms with Gasteiger partial charge in [-0.15, -0.1) is 0 Å². The van der Waals surface area contributed by atoms with E-state index in [1.165, 1.54) is 38.5 Å². The molecule has 1 N–H and O–H groups in total. The van der Waals surface area contributed by atoms with E-state index >= 15 is 0 Å². The molecule has 130 valence electrons. The maximum atomic E-state index is 6.11. The fraction of sp³-hybridized carbons (Fsp3) is 0.667. The summed E-state index contributed by atoms with van der Waals surface area (Å²) >= 11 is 1.93. The Bertz CT molecular complexity index is 662. The van der Waals surface area contributed by atoms with Crippen molar-refractivity contribution in [2.75, 3.05) is 6.54 Å². The molecular weight excluding hydrogens is 320 g/mol. The van der Waals surface area contributed by atoms with E-state index in [9.17, 15) is 0 Å². The van der Waals surface area contributed by atoms with Gasteiger partial charge >= 0.3 is 0 Å². The third-order valence-electron chi connectivity index (χ3n) is 5.11. The minimum Gasteiger partial charge on any atom is -0.454 e. The highest BCUT2D eigenvalue weighted by Gasteiger charge is 2.29. The number of nitrogens with one attached hydrogen (secondary N) is 1. The number of H-pyrrole nitrogens is 1. The van der Waals surface area contributed by atoms with Crippen LogP contribution in [0.25, 0.3) is 0 Å². The summed E-state index contributed by atoms with van der Waals surface area (Å²) in [6.07, 6.45) is 9.13. The minimum absolute atomic E-state index is 0.314. The van der Waals surface area contributed by atoms with Crippen molar-refractivity contribution in [1.29, 1.82) is 0 Å². The first-order valence-electron chi connectivity index (χ1n) is 9.16. The average molecular weight is 347 g/mol. The van der Waals surface area contributed by atoms with E-state index in [-0.39, 0.29) is 0 Å². The average Bonchev–Trinajstić information content (AvgIpc) is 3.31. The van der Waals surface area contributed by atoms with Crippen molar-refractivity contribution in [3.8, 4) is 0 Å². The van der Waals surface area contributed by atoms with Gasteiger partial charge in [0.25, 0.3) is 0 Å². The Morgan fingerprint density at radius 2 is 2.08 bits per heavy atom. The van der Waals surface area contributed by atoms with Gasteiger partial charge in [0.1, 0.15) is 11.6 Å². The molecule has 0 amide bonds. The molecule has 0 spiro atoms. The maximum absolute atomic E-state index is 6.11. The van der Waals surface area contributed by atoms with Crippen molar-refractivity contribution in [1.82, 2.24) is 20.1 Å². The first-order chi connectivity index (χ1) is 11.8. The molecule has 1 saturated heterocycles. The number of aromatic amines is 1. The van der Waals surface area contributed by atoms with Gasteiger partial charge in [0.2, 0.25) is 0 Å². The number of hydrogen-bond acceptors (Lipinski definition) is 5. The van der Waals surface area contributed by atoms with E-state index in [0.29, 0.717) is 6.04 Å². The highest BCUT2D eigenvalue weighted by atomic mass is 32.2. The molecule has 6 heteroatoms. The summed E-state index contributed by atoms with van der Waals surface area (Å²) in [6.45, 7) is 3.89. The van der Waals surface area contributed by atoms with Crippen LogP contribution in [0.1, 0.15) is 68.4 Å². The van der Waals surface area contributed by atoms with Gasteiger partial charge in [-0.05, 0) is 51.3 Å². The highest BCUT2D eigenvalue weighted by molar-refractivity contribution is 7.99. The zero-order chi connectivity index (χ0) is 16.4. The molecule has 1 atom stereocenters. The van der Waals surface area contributed by atoms with E-state index < -0.39 is 0 Å². The van der Waals surface area contributed by atoms with Crippen molar-refractivity contribution < 1.29 is 4.42 Å². The monoisotopic (exact) mass is 346 g/mol. The Kier molecular flexibility index (Phi) is 4.94. The molecule has 4 rings (SSSR count). The predicted octanol–water partition coefficient (Wildman–Crippen LogP) is 4.47. The van der Waals surface area contributed by atoms with Crippen LogP contribution in [0.5, 0.6) is 0 Å². The second-order valence-corrected chi connectivity index (χ2v) is 8.31. The molecule has 3 heterocycles. The van der Waals surface area contributed by atoms with Gasteiger partial charge in [0.05, 0.1) is 12.6 Å². The summed E-state index contributed by atoms with van der Waals surface area (Å²) in [6, 6.07) is 4.61. The maximum Gasteiger partial charge on any atom is 0.167 e. The summed E-state index contributed by atoms with van der Waals surface area (Å²) in [5.41, 5.74) is 0. The number of likely N-dealkylation sites (tertiary alicyclic amines) is 1. The molecule has 2 aromatic heterocycles. The Labute approximate surface area is 147 Å². The zero-order valence-electron chi connectivity index (χ0n) is 14.3. The van der Waals surface area contributed by atoms with Crippen LogP contribution in [0.15, 0.2) is 21.6 Å². The smallest absolute Gasteiger partial charge is 0.167 e. The Balaban J connectivity index is 1.38. The van der Waals surface area contributed by atoms with E-state index in [4.69, 9.17) is 4.42 Å². The van der Waals surface area contributed by atoms with Crippen LogP contribution in [0, 0.1) is 6.92 Å². The second kappa shape index (κ2) is 7.31. The lowest BCUT2D eigenvalue weighted by Gasteiger charge is -2.21. The van der Waals surface area contributed by atoms with Crippen molar-refractivity contribution in [2.45, 2.75) is 74.8 Å². The fourth-order valence-electron chi connectivity index (χ4n) is 3.87. The first-order valence-corrected chi connectivity index (χ1v) is 10.0. The van der Waals surface area contributed by atoms with Crippen LogP contribution in [0.4, 0.5) is 0 Å². The van der Waals surface area contributed by atoms with E-state index in [1.807, 2.05) is 18.7 Å². The SMILES string of the molecule is Cc1nc(C2CCCN2Cc2ccc(SC3CCCCC3)o2)n[nH]1. The van der Waals surface area contributed by atoms with E-state index in [1.54, 1.807) is 0 Å². The summed E-state index contributed by atoms with van der Waals surface area (Å²) in [5.74, 6) is 2.88. The van der Waals surface area contributed by atoms with E-state index in [2.05, 4.69) is 32.2 Å². The fourth-order valence-corrected chi connectivity index (χ4v) is 5.07. The van der Waals surface area contributed by atoms with Gasteiger partial charge in [-0.2, -0.15) is 5.10 Å². The third-order valence-corrected chi connectivity index (χ3v) is 6.36. The molecule has 2 aliphatic rings. The normalized spacial score (nSPS) is 23.1. The Hall–Kier alpha value is -1.27. The van der Waals surface area contributed by atoms with Crippen LogP contribution in [0.2, 0.25) is 0 Å². The lowest BCUT2D eigenvalue weighted by Crippen LogP contribution is -2.23. The second-order valence-electron chi connectivity index (χ2n) is 7.01. The quantitative estimate of drug-likeness (QED) is 0.866. The number of thioether (sulfide) groups is 1. The number of nitrogens with zero attached hydrogens (tertiary/aromatic N) is 3. The van der Waals surface area contributed by atoms with Gasteiger partial charge in [-0.25, -0.2) is 4.98 Å². The topological polar surface area (TPSA) is 58.0 Å². The molecule has 1 aliphatic carbocycles. The van der Waals surface area contributed by atoms with Crippen LogP contribution in [0.3, 0.4) is 0 Å². The molecular formula is C18H26N4OS. The van der Waals surface area contributed by atoms with Gasteiger partial charge in [0.15, 0.2) is 10.9 Å². The third kappa shape index (κ3) is 3.70. The first kappa shape index (κ1) is 16.2. The molecule has 2 fully saturated rings. The summed E-state index contributed by atoms with van der Waals surface area (Å²) in [5, 5.41) is 9.15. The minimum atomic E-state index is 0.314. The van der Waals surface area contributed by atoms with Crippen molar-refractivity contribution in [2.24, 2.45) is 0 Å². The van der Waals surface area contributed by atoms with Crippen LogP contribution >= 0.6 is 11.8 Å². The molecule has 0 aromatic carbocycles. The zero-order valence-corrected chi connectivity index (χ0v) is 15.1. The standard InChI is InChI=1S/C18H26N4OS/c1-13-19-18(21-20-13)16-8-5-11-22(16)12-14-9-10-17(23-14)24-15-6-3-2-4-7-15/h9-10,15-16H,2-8,11-12H2,1H3,(H,19,20,21). The molecule has 1 unspecified atom stereocenters. The van der Waals surface area contributed by atoms with Gasteiger partial charge in [0, 0.05) is 5.25 Å². The largest absolute Gasteiger partial charge is 0.454 e. The van der Waals surface area contributed by atoms with Gasteiger partial charge in [-0.3, -0.25) is 10.00 Å². The summed E-state index contributed by atoms with van der Waals surface area (Å²) < 4.78 is 6.11. The van der Waals surface area contributed by atoms with Crippen LogP contribution in [-0.2, 0) is 6.54 Å². The van der Waals surface area contributed by atoms with Crippen molar-refractivity contribution in [3.05, 3.63) is 29.5 Å². The Morgan fingerprint density at radius 1 is 1.21 bits per heavy atom. The summed E-state index contributed by atoms with van der Waals surface area (Å²) in [4.78, 5) is 6.97. The number of aromatic nitrogens is 3. The number of hydrogen-bond donors (Lipinski definition) is 1. The lowest BCUT2D eigenvalue weighted by atomic mass is 10.0. The molecule has 2 aromatic rings. The van der Waals surface area contributed by atoms with Crippen molar-refractivity contribution >= 4 is 11.8 Å². The number of aryl methyl sites for hydroxylation is 1. The molecule has 0 radical (unpaired) electrons. The highest BCUT2D eigenvalue weighted by Crippen LogP contribution is 2.36. The van der Waals surface area contributed by atoms with E-state index in [0.717, 1.165) is 47.3 Å². The predicted molar refractivity (Wildman–Crippen MR) is 94.9 cm³/mol. The Morgan fingerprint density at radius 3 is 2.88 bits per heavy atom. The van der Waals surface area contributed by atoms with Gasteiger partial charge in [-0.1, -0.05) is 31.0 Å². The molecule has 5 nitrogen and oxygen atoms in total. The number of furan rings is 1. The molecule has 1 aliphatic heterocycles. The van der Waals surface area contributed by atoms with Crippen LogP contribution < -0.4 is 0 Å².